The third-order valence-corrected chi connectivity index (χ3v) is 3.77. The van der Waals surface area contributed by atoms with Gasteiger partial charge in [-0.3, -0.25) is 16.3 Å². The highest BCUT2D eigenvalue weighted by molar-refractivity contribution is 5.32. The van der Waals surface area contributed by atoms with E-state index in [4.69, 9.17) is 10.6 Å². The Kier molecular flexibility index (Phi) is 3.58. The van der Waals surface area contributed by atoms with Gasteiger partial charge in [0.15, 0.2) is 0 Å². The molecule has 2 atom stereocenters. The zero-order valence-electron chi connectivity index (χ0n) is 11.3. The van der Waals surface area contributed by atoms with E-state index in [0.717, 1.165) is 24.2 Å². The number of nitrogens with two attached hydrogens (primary N) is 1. The molecule has 104 valence electrons. The van der Waals surface area contributed by atoms with Gasteiger partial charge in [-0.2, -0.15) is 0 Å². The number of hydrazine groups is 1. The maximum atomic E-state index is 5.75. The van der Waals surface area contributed by atoms with Gasteiger partial charge in [0.05, 0.1) is 18.8 Å². The minimum atomic E-state index is -0.0944. The van der Waals surface area contributed by atoms with E-state index in [9.17, 15) is 0 Å². The number of methoxy groups -OCH3 is 1. The van der Waals surface area contributed by atoms with Crippen molar-refractivity contribution in [2.45, 2.75) is 24.8 Å². The van der Waals surface area contributed by atoms with Gasteiger partial charge < -0.3 is 4.74 Å². The Morgan fingerprint density at radius 3 is 3.10 bits per heavy atom. The number of fused-ring (bicyclic) bond motifs is 1. The highest BCUT2D eigenvalue weighted by Gasteiger charge is 2.32. The van der Waals surface area contributed by atoms with E-state index in [-0.39, 0.29) is 12.0 Å². The summed E-state index contributed by atoms with van der Waals surface area (Å²) in [6.45, 7) is 0. The number of nitrogens with one attached hydrogen (secondary N) is 1. The van der Waals surface area contributed by atoms with E-state index in [2.05, 4.69) is 26.4 Å². The lowest BCUT2D eigenvalue weighted by Crippen LogP contribution is -2.33. The molecule has 20 heavy (non-hydrogen) atoms. The average molecular weight is 271 g/mol. The van der Waals surface area contributed by atoms with E-state index in [0.29, 0.717) is 5.88 Å². The number of rotatable bonds is 4. The molecule has 0 spiro atoms. The summed E-state index contributed by atoms with van der Waals surface area (Å²) in [4.78, 5) is 12.9. The molecular formula is C14H17N5O. The fraction of sp³-hybridized carbons (Fsp3) is 0.357. The van der Waals surface area contributed by atoms with Gasteiger partial charge in [-0.25, -0.2) is 9.97 Å². The fourth-order valence-electron chi connectivity index (χ4n) is 2.81. The van der Waals surface area contributed by atoms with Gasteiger partial charge in [0.2, 0.25) is 5.88 Å². The van der Waals surface area contributed by atoms with Crippen LogP contribution in [0.1, 0.15) is 35.3 Å². The molecule has 3 N–H and O–H groups in total. The van der Waals surface area contributed by atoms with E-state index >= 15 is 0 Å². The summed E-state index contributed by atoms with van der Waals surface area (Å²) in [5.74, 6) is 6.51. The maximum Gasteiger partial charge on any atom is 0.216 e. The van der Waals surface area contributed by atoms with Crippen LogP contribution in [0, 0.1) is 0 Å². The summed E-state index contributed by atoms with van der Waals surface area (Å²) < 4.78 is 5.15. The van der Waals surface area contributed by atoms with Crippen LogP contribution in [0.3, 0.4) is 0 Å². The first-order chi connectivity index (χ1) is 9.83. The summed E-state index contributed by atoms with van der Waals surface area (Å²) in [6.07, 6.45) is 5.35. The number of pyridine rings is 1. The molecule has 6 heteroatoms. The second-order valence-corrected chi connectivity index (χ2v) is 4.82. The molecule has 3 rings (SSSR count). The van der Waals surface area contributed by atoms with Gasteiger partial charge in [0.25, 0.3) is 0 Å². The molecule has 0 saturated heterocycles. The highest BCUT2D eigenvalue weighted by Crippen LogP contribution is 2.39. The molecule has 2 heterocycles. The first-order valence-electron chi connectivity index (χ1n) is 6.59. The largest absolute Gasteiger partial charge is 0.481 e. The summed E-state index contributed by atoms with van der Waals surface area (Å²) in [5.41, 5.74) is 6.08. The molecule has 1 aliphatic rings. The Labute approximate surface area is 117 Å². The van der Waals surface area contributed by atoms with E-state index in [1.165, 1.54) is 11.9 Å². The summed E-state index contributed by atoms with van der Waals surface area (Å²) in [6, 6.07) is 5.81. The first kappa shape index (κ1) is 13.0. The van der Waals surface area contributed by atoms with E-state index in [1.807, 2.05) is 18.3 Å². The lowest BCUT2D eigenvalue weighted by Gasteiger charge is -2.22. The predicted molar refractivity (Wildman–Crippen MR) is 73.9 cm³/mol. The number of aryl methyl sites for hydroxylation is 1. The Bertz CT molecular complexity index is 604. The molecule has 1 aliphatic carbocycles. The molecule has 0 aliphatic heterocycles. The van der Waals surface area contributed by atoms with Crippen LogP contribution in [-0.2, 0) is 6.42 Å². The van der Waals surface area contributed by atoms with Crippen LogP contribution in [0.2, 0.25) is 0 Å². The Morgan fingerprint density at radius 1 is 1.40 bits per heavy atom. The zero-order chi connectivity index (χ0) is 13.9. The standard InChI is InChI=1S/C14H17N5O/c1-20-12-7-11(17-8-18-12)14(19-15)10-5-4-9-3-2-6-16-13(9)10/h2-3,6-8,10,14,19H,4-5,15H2,1H3. The Balaban J connectivity index is 1.95. The van der Waals surface area contributed by atoms with Crippen LogP contribution in [0.25, 0.3) is 0 Å². The smallest absolute Gasteiger partial charge is 0.216 e. The Hall–Kier alpha value is -2.05. The lowest BCUT2D eigenvalue weighted by molar-refractivity contribution is 0.389. The fourth-order valence-corrected chi connectivity index (χ4v) is 2.81. The molecule has 0 fully saturated rings. The van der Waals surface area contributed by atoms with Crippen LogP contribution in [0.15, 0.2) is 30.7 Å². The molecule has 0 aromatic carbocycles. The molecule has 6 nitrogen and oxygen atoms in total. The van der Waals surface area contributed by atoms with Crippen molar-refractivity contribution in [3.8, 4) is 5.88 Å². The SMILES string of the molecule is COc1cc(C(NN)C2CCc3cccnc32)ncn1. The first-order valence-corrected chi connectivity index (χ1v) is 6.59. The maximum absolute atomic E-state index is 5.75. The van der Waals surface area contributed by atoms with Gasteiger partial charge in [0, 0.05) is 23.9 Å². The second kappa shape index (κ2) is 5.52. The normalized spacial score (nSPS) is 18.6. The third kappa shape index (κ3) is 2.23. The molecule has 2 aromatic rings. The number of hydrogen-bond acceptors (Lipinski definition) is 6. The van der Waals surface area contributed by atoms with Crippen LogP contribution in [0.5, 0.6) is 5.88 Å². The molecule has 0 saturated carbocycles. The molecule has 0 radical (unpaired) electrons. The summed E-state index contributed by atoms with van der Waals surface area (Å²) in [5, 5.41) is 0. The van der Waals surface area contributed by atoms with Crippen molar-refractivity contribution in [1.29, 1.82) is 0 Å². The van der Waals surface area contributed by atoms with Crippen molar-refractivity contribution < 1.29 is 4.74 Å². The van der Waals surface area contributed by atoms with Crippen LogP contribution < -0.4 is 16.0 Å². The van der Waals surface area contributed by atoms with Crippen LogP contribution in [-0.4, -0.2) is 22.1 Å². The van der Waals surface area contributed by atoms with Crippen molar-refractivity contribution >= 4 is 0 Å². The van der Waals surface area contributed by atoms with Crippen LogP contribution in [0.4, 0.5) is 0 Å². The minimum Gasteiger partial charge on any atom is -0.481 e. The molecular weight excluding hydrogens is 254 g/mol. The quantitative estimate of drug-likeness (QED) is 0.640. The van der Waals surface area contributed by atoms with Crippen molar-refractivity contribution in [1.82, 2.24) is 20.4 Å². The second-order valence-electron chi connectivity index (χ2n) is 4.82. The zero-order valence-corrected chi connectivity index (χ0v) is 11.3. The number of aromatic nitrogens is 3. The number of hydrogen-bond donors (Lipinski definition) is 2. The van der Waals surface area contributed by atoms with Crippen molar-refractivity contribution in [2.24, 2.45) is 5.84 Å². The van der Waals surface area contributed by atoms with Gasteiger partial charge in [-0.15, -0.1) is 0 Å². The summed E-state index contributed by atoms with van der Waals surface area (Å²) >= 11 is 0. The number of ether oxygens (including phenoxy) is 1. The van der Waals surface area contributed by atoms with E-state index < -0.39 is 0 Å². The molecule has 2 aromatic heterocycles. The lowest BCUT2D eigenvalue weighted by atomic mass is 9.94. The molecule has 2 unspecified atom stereocenters. The van der Waals surface area contributed by atoms with Gasteiger partial charge in [0.1, 0.15) is 6.33 Å². The third-order valence-electron chi connectivity index (χ3n) is 3.77. The number of nitrogens with zero attached hydrogens (tertiary/aromatic N) is 3. The molecule has 0 bridgehead atoms. The van der Waals surface area contributed by atoms with E-state index in [1.54, 1.807) is 7.11 Å². The predicted octanol–water partition coefficient (Wildman–Crippen LogP) is 1.11. The Morgan fingerprint density at radius 2 is 2.30 bits per heavy atom. The minimum absolute atomic E-state index is 0.0944. The van der Waals surface area contributed by atoms with Gasteiger partial charge in [-0.1, -0.05) is 6.07 Å². The van der Waals surface area contributed by atoms with Gasteiger partial charge >= 0.3 is 0 Å². The van der Waals surface area contributed by atoms with Crippen molar-refractivity contribution in [3.63, 3.8) is 0 Å². The summed E-state index contributed by atoms with van der Waals surface area (Å²) in [7, 11) is 1.59. The van der Waals surface area contributed by atoms with Crippen LogP contribution >= 0.6 is 0 Å². The highest BCUT2D eigenvalue weighted by atomic mass is 16.5. The van der Waals surface area contributed by atoms with Crippen molar-refractivity contribution in [2.75, 3.05) is 7.11 Å². The monoisotopic (exact) mass is 271 g/mol. The van der Waals surface area contributed by atoms with Crippen molar-refractivity contribution in [3.05, 3.63) is 47.7 Å². The topological polar surface area (TPSA) is 86.0 Å². The molecule has 0 amide bonds. The average Bonchev–Trinajstić information content (AvgIpc) is 2.93. The van der Waals surface area contributed by atoms with Gasteiger partial charge in [-0.05, 0) is 24.5 Å².